The van der Waals surface area contributed by atoms with Gasteiger partial charge in [-0.15, -0.1) is 24.8 Å². The van der Waals surface area contributed by atoms with E-state index >= 15 is 0 Å². The molecule has 0 bridgehead atoms. The smallest absolute Gasteiger partial charge is 0.356 e. The van der Waals surface area contributed by atoms with Crippen LogP contribution < -0.4 is 5.73 Å². The summed E-state index contributed by atoms with van der Waals surface area (Å²) in [5.74, 6) is -1.01. The van der Waals surface area contributed by atoms with E-state index in [-0.39, 0.29) is 30.5 Å². The van der Waals surface area contributed by atoms with E-state index in [0.717, 1.165) is 0 Å². The molecule has 5 nitrogen and oxygen atoms in total. The highest BCUT2D eigenvalue weighted by Crippen LogP contribution is 1.94. The number of nitrogens with two attached hydrogens (primary N) is 1. The Bertz CT molecular complexity index is 264. The molecule has 0 fully saturated rings. The van der Waals surface area contributed by atoms with Gasteiger partial charge in [0.1, 0.15) is 0 Å². The number of carbonyl (C=O) groups is 1. The Morgan fingerprint density at radius 1 is 1.62 bits per heavy atom. The summed E-state index contributed by atoms with van der Waals surface area (Å²) in [5, 5.41) is 8.46. The Kier molecular flexibility index (Phi) is 7.60. The number of carboxylic acids is 1. The maximum absolute atomic E-state index is 10.3. The summed E-state index contributed by atoms with van der Waals surface area (Å²) in [6.45, 7) is 1.08. The van der Waals surface area contributed by atoms with E-state index in [1.54, 1.807) is 4.57 Å². The number of nitrogens with zero attached hydrogens (tertiary/aromatic N) is 2. The summed E-state index contributed by atoms with van der Waals surface area (Å²) in [5.41, 5.74) is 5.30. The molecule has 0 atom stereocenters. The van der Waals surface area contributed by atoms with Crippen molar-refractivity contribution in [1.82, 2.24) is 9.55 Å². The number of carboxylic acid groups (broad SMARTS) is 1. The van der Waals surface area contributed by atoms with Crippen LogP contribution in [0.15, 0.2) is 12.5 Å². The van der Waals surface area contributed by atoms with Gasteiger partial charge in [-0.2, -0.15) is 0 Å². The Labute approximate surface area is 87.8 Å². The first-order chi connectivity index (χ1) is 5.24. The fourth-order valence-electron chi connectivity index (χ4n) is 0.742. The standard InChI is InChI=1S/C6H9N3O2.2ClH/c7-1-2-9-3-5(6(10)11)8-4-9;;/h3-4H,1-2,7H2,(H,10,11);2*1H. The van der Waals surface area contributed by atoms with E-state index in [0.29, 0.717) is 13.1 Å². The monoisotopic (exact) mass is 227 g/mol. The predicted molar refractivity (Wildman–Crippen MR) is 52.7 cm³/mol. The molecule has 0 radical (unpaired) electrons. The summed E-state index contributed by atoms with van der Waals surface area (Å²) in [6.07, 6.45) is 2.91. The zero-order valence-corrected chi connectivity index (χ0v) is 8.35. The van der Waals surface area contributed by atoms with Crippen molar-refractivity contribution in [2.75, 3.05) is 6.54 Å². The van der Waals surface area contributed by atoms with Crippen LogP contribution in [0, 0.1) is 0 Å². The van der Waals surface area contributed by atoms with Crippen molar-refractivity contribution in [1.29, 1.82) is 0 Å². The minimum absolute atomic E-state index is 0. The normalized spacial score (nSPS) is 8.38. The Balaban J connectivity index is 0. The summed E-state index contributed by atoms with van der Waals surface area (Å²) in [4.78, 5) is 14.0. The number of hydrogen-bond acceptors (Lipinski definition) is 3. The highest BCUT2D eigenvalue weighted by molar-refractivity contribution is 5.85. The van der Waals surface area contributed by atoms with Crippen molar-refractivity contribution in [3.8, 4) is 0 Å². The highest BCUT2D eigenvalue weighted by Gasteiger charge is 2.04. The lowest BCUT2D eigenvalue weighted by Gasteiger charge is -1.94. The molecular weight excluding hydrogens is 217 g/mol. The average molecular weight is 228 g/mol. The number of imidazole rings is 1. The van der Waals surface area contributed by atoms with E-state index in [4.69, 9.17) is 10.8 Å². The maximum Gasteiger partial charge on any atom is 0.356 e. The molecule has 0 aliphatic heterocycles. The van der Waals surface area contributed by atoms with Gasteiger partial charge >= 0.3 is 5.97 Å². The van der Waals surface area contributed by atoms with Crippen LogP contribution in [0.4, 0.5) is 0 Å². The average Bonchev–Trinajstić information content (AvgIpc) is 2.37. The Hall–Kier alpha value is -0.780. The molecule has 0 aliphatic carbocycles. The van der Waals surface area contributed by atoms with E-state index in [2.05, 4.69) is 4.98 Å². The molecule has 1 aromatic rings. The SMILES string of the molecule is Cl.Cl.NCCn1cnc(C(=O)O)c1. The zero-order valence-electron chi connectivity index (χ0n) is 6.71. The third-order valence-electron chi connectivity index (χ3n) is 1.24. The topological polar surface area (TPSA) is 81.1 Å². The van der Waals surface area contributed by atoms with Crippen LogP contribution >= 0.6 is 24.8 Å². The highest BCUT2D eigenvalue weighted by atomic mass is 35.5. The first-order valence-corrected chi connectivity index (χ1v) is 3.19. The lowest BCUT2D eigenvalue weighted by Crippen LogP contribution is -2.08. The van der Waals surface area contributed by atoms with Crippen LogP contribution in [0.3, 0.4) is 0 Å². The van der Waals surface area contributed by atoms with Crippen LogP contribution in [0.5, 0.6) is 0 Å². The van der Waals surface area contributed by atoms with Gasteiger partial charge in [-0.25, -0.2) is 9.78 Å². The third kappa shape index (κ3) is 4.12. The Morgan fingerprint density at radius 2 is 2.23 bits per heavy atom. The van der Waals surface area contributed by atoms with Crippen molar-refractivity contribution in [2.24, 2.45) is 5.73 Å². The van der Waals surface area contributed by atoms with E-state index < -0.39 is 5.97 Å². The lowest BCUT2D eigenvalue weighted by atomic mass is 10.5. The van der Waals surface area contributed by atoms with Crippen LogP contribution in [-0.2, 0) is 6.54 Å². The van der Waals surface area contributed by atoms with Crippen molar-refractivity contribution in [3.63, 3.8) is 0 Å². The number of hydrogen-bond donors (Lipinski definition) is 2. The van der Waals surface area contributed by atoms with E-state index in [1.165, 1.54) is 12.5 Å². The summed E-state index contributed by atoms with van der Waals surface area (Å²) < 4.78 is 1.64. The zero-order chi connectivity index (χ0) is 8.27. The van der Waals surface area contributed by atoms with Crippen molar-refractivity contribution < 1.29 is 9.90 Å². The lowest BCUT2D eigenvalue weighted by molar-refractivity contribution is 0.0691. The first-order valence-electron chi connectivity index (χ1n) is 3.19. The summed E-state index contributed by atoms with van der Waals surface area (Å²) >= 11 is 0. The Morgan fingerprint density at radius 3 is 2.62 bits per heavy atom. The third-order valence-corrected chi connectivity index (χ3v) is 1.24. The molecule has 0 unspecified atom stereocenters. The summed E-state index contributed by atoms with van der Waals surface area (Å²) in [7, 11) is 0. The van der Waals surface area contributed by atoms with Gasteiger partial charge in [-0.05, 0) is 0 Å². The van der Waals surface area contributed by atoms with Gasteiger partial charge < -0.3 is 15.4 Å². The van der Waals surface area contributed by atoms with Crippen LogP contribution in [0.2, 0.25) is 0 Å². The molecule has 0 aromatic carbocycles. The van der Waals surface area contributed by atoms with Gasteiger partial charge in [0.2, 0.25) is 0 Å². The first kappa shape index (κ1) is 14.7. The van der Waals surface area contributed by atoms with Crippen LogP contribution in [0.1, 0.15) is 10.5 Å². The van der Waals surface area contributed by atoms with E-state index in [1.807, 2.05) is 0 Å². The predicted octanol–water partition coefficient (Wildman–Crippen LogP) is 0.384. The van der Waals surface area contributed by atoms with Gasteiger partial charge in [0.05, 0.1) is 6.33 Å². The molecule has 0 saturated carbocycles. The number of rotatable bonds is 3. The van der Waals surface area contributed by atoms with Crippen LogP contribution in [0.25, 0.3) is 0 Å². The molecule has 76 valence electrons. The van der Waals surface area contributed by atoms with Gasteiger partial charge in [-0.1, -0.05) is 0 Å². The fraction of sp³-hybridized carbons (Fsp3) is 0.333. The second-order valence-corrected chi connectivity index (χ2v) is 2.09. The molecule has 1 heterocycles. The molecule has 1 rings (SSSR count). The molecule has 0 amide bonds. The second kappa shape index (κ2) is 6.71. The van der Waals surface area contributed by atoms with Gasteiger partial charge in [0.25, 0.3) is 0 Å². The largest absolute Gasteiger partial charge is 0.476 e. The minimum atomic E-state index is -1.01. The summed E-state index contributed by atoms with van der Waals surface area (Å²) in [6, 6.07) is 0. The van der Waals surface area contributed by atoms with Gasteiger partial charge in [0, 0.05) is 19.3 Å². The molecular formula is C6H11Cl2N3O2. The second-order valence-electron chi connectivity index (χ2n) is 2.09. The number of aromatic nitrogens is 2. The molecule has 0 spiro atoms. The maximum atomic E-state index is 10.3. The van der Waals surface area contributed by atoms with Crippen LogP contribution in [-0.4, -0.2) is 27.2 Å². The molecule has 7 heteroatoms. The van der Waals surface area contributed by atoms with E-state index in [9.17, 15) is 4.79 Å². The van der Waals surface area contributed by atoms with Gasteiger partial charge in [0.15, 0.2) is 5.69 Å². The van der Waals surface area contributed by atoms with Crippen molar-refractivity contribution in [2.45, 2.75) is 6.54 Å². The number of halogens is 2. The molecule has 13 heavy (non-hydrogen) atoms. The van der Waals surface area contributed by atoms with Gasteiger partial charge in [-0.3, -0.25) is 0 Å². The van der Waals surface area contributed by atoms with Crippen molar-refractivity contribution in [3.05, 3.63) is 18.2 Å². The quantitative estimate of drug-likeness (QED) is 0.783. The molecule has 1 aromatic heterocycles. The molecule has 3 N–H and O–H groups in total. The molecule has 0 saturated heterocycles. The van der Waals surface area contributed by atoms with Crippen molar-refractivity contribution >= 4 is 30.8 Å². The molecule has 0 aliphatic rings. The number of aromatic carboxylic acids is 1. The fourth-order valence-corrected chi connectivity index (χ4v) is 0.742. The minimum Gasteiger partial charge on any atom is -0.476 e.